The first-order valence-electron chi connectivity index (χ1n) is 15.0. The molecule has 0 radical (unpaired) electrons. The summed E-state index contributed by atoms with van der Waals surface area (Å²) in [5.74, 6) is -4.10. The molecule has 2 heterocycles. The van der Waals surface area contributed by atoms with Gasteiger partial charge in [0.1, 0.15) is 11.6 Å². The third-order valence-electron chi connectivity index (χ3n) is 7.20. The van der Waals surface area contributed by atoms with E-state index in [1.54, 1.807) is 6.92 Å². The predicted octanol–water partition coefficient (Wildman–Crippen LogP) is 3.77. The third-order valence-corrected chi connectivity index (χ3v) is 9.86. The Morgan fingerprint density at radius 1 is 0.655 bits per heavy atom. The summed E-state index contributed by atoms with van der Waals surface area (Å²) >= 11 is 11.9. The molecule has 2 aromatic heterocycles. The number of aromatic nitrogens is 6. The van der Waals surface area contributed by atoms with Gasteiger partial charge >= 0.3 is 0 Å². The van der Waals surface area contributed by atoms with Gasteiger partial charge in [0.05, 0.1) is 31.0 Å². The number of nitrogens with two attached hydrogens (primary N) is 4. The number of benzene rings is 4. The summed E-state index contributed by atoms with van der Waals surface area (Å²) in [4.78, 5) is 32.7. The maximum absolute atomic E-state index is 14.1. The molecule has 286 valence electrons. The molecule has 18 nitrogen and oxygen atoms in total. The first-order chi connectivity index (χ1) is 25.7. The number of halogens is 4. The highest BCUT2D eigenvalue weighted by Gasteiger charge is 2.24. The van der Waals surface area contributed by atoms with E-state index in [-0.39, 0.29) is 54.8 Å². The number of nitrogens with zero attached hydrogens (tertiary/aromatic N) is 6. The van der Waals surface area contributed by atoms with E-state index in [9.17, 15) is 35.2 Å². The van der Waals surface area contributed by atoms with E-state index >= 15 is 0 Å². The molecule has 0 unspecified atom stereocenters. The van der Waals surface area contributed by atoms with E-state index in [1.807, 2.05) is 0 Å². The van der Waals surface area contributed by atoms with Crippen molar-refractivity contribution in [3.63, 3.8) is 0 Å². The van der Waals surface area contributed by atoms with Gasteiger partial charge in [-0.2, -0.15) is 19.3 Å². The maximum Gasteiger partial charge on any atom is 0.285 e. The van der Waals surface area contributed by atoms with E-state index in [0.29, 0.717) is 26.3 Å². The lowest BCUT2D eigenvalue weighted by Gasteiger charge is -2.07. The normalized spacial score (nSPS) is 11.4. The zero-order valence-electron chi connectivity index (χ0n) is 27.8. The Kier molecular flexibility index (Phi) is 11.5. The van der Waals surface area contributed by atoms with Gasteiger partial charge in [-0.3, -0.25) is 9.59 Å². The molecule has 0 fully saturated rings. The first kappa shape index (κ1) is 40.2. The van der Waals surface area contributed by atoms with Crippen LogP contribution in [-0.2, 0) is 20.0 Å². The van der Waals surface area contributed by atoms with Gasteiger partial charge in [-0.05, 0) is 79.2 Å². The van der Waals surface area contributed by atoms with Gasteiger partial charge in [-0.25, -0.2) is 35.9 Å². The highest BCUT2D eigenvalue weighted by molar-refractivity contribution is 7.89. The minimum absolute atomic E-state index is 0.0482. The van der Waals surface area contributed by atoms with Crippen LogP contribution < -0.4 is 32.4 Å². The molecule has 0 aliphatic rings. The van der Waals surface area contributed by atoms with E-state index < -0.39 is 43.5 Å². The molecular formula is C31H26Cl2F2N12O6S2. The van der Waals surface area contributed by atoms with Crippen LogP contribution >= 0.6 is 23.2 Å². The number of carbonyl (C=O) groups is 2. The second-order valence-electron chi connectivity index (χ2n) is 11.1. The average molecular weight is 836 g/mol. The number of hydrogen-bond donors (Lipinski definition) is 6. The SMILES string of the molecule is Cc1ccc(F)c(C(=O)n2nc(Nc3ccc(S(N)(=O)=O)cc3)nc2N)c1Cl.Nc1nc(Nc2ccc(S(N)(=O)=O)cc2)nn1C(=O)c1c(F)cccc1Cl. The number of carbonyl (C=O) groups excluding carboxylic acids is 2. The summed E-state index contributed by atoms with van der Waals surface area (Å²) in [6.45, 7) is 1.63. The number of anilines is 6. The Morgan fingerprint density at radius 2 is 1.07 bits per heavy atom. The molecule has 0 spiro atoms. The minimum Gasteiger partial charge on any atom is -0.368 e. The molecule has 0 amide bonds. The fraction of sp³-hybridized carbons (Fsp3) is 0.0323. The van der Waals surface area contributed by atoms with Crippen LogP contribution in [0.15, 0.2) is 88.7 Å². The topological polar surface area (TPSA) is 292 Å². The van der Waals surface area contributed by atoms with E-state index in [4.69, 9.17) is 44.9 Å². The minimum atomic E-state index is -3.82. The van der Waals surface area contributed by atoms with Gasteiger partial charge < -0.3 is 22.1 Å². The molecule has 55 heavy (non-hydrogen) atoms. The number of rotatable bonds is 8. The second-order valence-corrected chi connectivity index (χ2v) is 15.0. The van der Waals surface area contributed by atoms with Crippen molar-refractivity contribution in [3.05, 3.63) is 117 Å². The van der Waals surface area contributed by atoms with Crippen molar-refractivity contribution in [2.75, 3.05) is 22.1 Å². The molecule has 10 N–H and O–H groups in total. The van der Waals surface area contributed by atoms with Crippen LogP contribution in [0.4, 0.5) is 43.9 Å². The number of nitrogen functional groups attached to an aromatic ring is 2. The molecule has 4 aromatic carbocycles. The zero-order valence-corrected chi connectivity index (χ0v) is 30.9. The van der Waals surface area contributed by atoms with Gasteiger partial charge in [-0.15, -0.1) is 10.2 Å². The van der Waals surface area contributed by atoms with E-state index in [0.717, 1.165) is 12.1 Å². The predicted molar refractivity (Wildman–Crippen MR) is 198 cm³/mol. The summed E-state index contributed by atoms with van der Waals surface area (Å²) < 4.78 is 74.5. The molecule has 0 saturated carbocycles. The number of primary sulfonamides is 2. The van der Waals surface area contributed by atoms with Crippen molar-refractivity contribution in [2.45, 2.75) is 16.7 Å². The van der Waals surface area contributed by atoms with Crippen LogP contribution in [0.3, 0.4) is 0 Å². The number of aryl methyl sites for hydroxylation is 1. The highest BCUT2D eigenvalue weighted by atomic mass is 35.5. The quantitative estimate of drug-likeness (QED) is 0.127. The lowest BCUT2D eigenvalue weighted by atomic mass is 10.1. The van der Waals surface area contributed by atoms with Crippen molar-refractivity contribution < 1.29 is 35.2 Å². The summed E-state index contributed by atoms with van der Waals surface area (Å²) in [7, 11) is -7.65. The molecule has 0 aliphatic carbocycles. The Hall–Kier alpha value is -6.04. The van der Waals surface area contributed by atoms with E-state index in [2.05, 4.69) is 30.8 Å². The third kappa shape index (κ3) is 9.20. The summed E-state index contributed by atoms with van der Waals surface area (Å²) in [5.41, 5.74) is 12.0. The number of hydrogen-bond acceptors (Lipinski definition) is 14. The molecule has 6 aromatic rings. The maximum atomic E-state index is 14.1. The van der Waals surface area contributed by atoms with Crippen molar-refractivity contribution in [1.82, 2.24) is 29.5 Å². The Bertz CT molecular complexity index is 2660. The number of nitrogens with one attached hydrogen (secondary N) is 2. The van der Waals surface area contributed by atoms with Gasteiger partial charge in [0, 0.05) is 11.4 Å². The monoisotopic (exact) mass is 834 g/mol. The van der Waals surface area contributed by atoms with Crippen LogP contribution in [0.5, 0.6) is 0 Å². The second kappa shape index (κ2) is 15.7. The van der Waals surface area contributed by atoms with Crippen molar-refractivity contribution in [2.24, 2.45) is 10.3 Å². The van der Waals surface area contributed by atoms with Gasteiger partial charge in [0.15, 0.2) is 0 Å². The first-order valence-corrected chi connectivity index (χ1v) is 18.8. The molecule has 24 heteroatoms. The Labute approximate surface area is 320 Å². The fourth-order valence-electron chi connectivity index (χ4n) is 4.53. The summed E-state index contributed by atoms with van der Waals surface area (Å²) in [6.07, 6.45) is 0. The summed E-state index contributed by atoms with van der Waals surface area (Å²) in [5, 5.41) is 23.2. The number of sulfonamides is 2. The summed E-state index contributed by atoms with van der Waals surface area (Å²) in [6, 6.07) is 17.2. The Balaban J connectivity index is 0.000000211. The van der Waals surface area contributed by atoms with Crippen LogP contribution in [0.25, 0.3) is 0 Å². The van der Waals surface area contributed by atoms with Gasteiger partial charge in [0.2, 0.25) is 43.8 Å². The lowest BCUT2D eigenvalue weighted by molar-refractivity contribution is 0.0935. The fourth-order valence-corrected chi connectivity index (χ4v) is 6.04. The lowest BCUT2D eigenvalue weighted by Crippen LogP contribution is -2.18. The highest BCUT2D eigenvalue weighted by Crippen LogP contribution is 2.26. The average Bonchev–Trinajstić information content (AvgIpc) is 3.66. The van der Waals surface area contributed by atoms with Gasteiger partial charge in [-0.1, -0.05) is 35.3 Å². The van der Waals surface area contributed by atoms with Crippen molar-refractivity contribution in [3.8, 4) is 0 Å². The molecule has 0 saturated heterocycles. The van der Waals surface area contributed by atoms with Crippen molar-refractivity contribution in [1.29, 1.82) is 0 Å². The van der Waals surface area contributed by atoms with Crippen LogP contribution in [0, 0.1) is 18.6 Å². The van der Waals surface area contributed by atoms with Crippen LogP contribution in [0.1, 0.15) is 26.3 Å². The molecular weight excluding hydrogens is 809 g/mol. The Morgan fingerprint density at radius 3 is 1.49 bits per heavy atom. The molecule has 0 bridgehead atoms. The molecule has 6 rings (SSSR count). The standard InChI is InChI=1S/C16H14ClFN6O3S.C15H12ClFN6O3S/c1-8-2-7-11(18)12(13(8)17)14(25)24-15(19)22-16(23-24)21-9-3-5-10(6-4-9)28(20,26)27;16-10-2-1-3-11(17)12(10)13(24)23-14(18)21-15(22-23)20-8-4-6-9(7-5-8)27(19,25)26/h2-7H,1H3,(H2,20,26,27)(H3,19,21,22,23);1-7H,(H2,19,25,26)(H3,18,20,21,22). The van der Waals surface area contributed by atoms with Crippen molar-refractivity contribution >= 4 is 90.2 Å². The van der Waals surface area contributed by atoms with Crippen LogP contribution in [0.2, 0.25) is 10.0 Å². The van der Waals surface area contributed by atoms with E-state index in [1.165, 1.54) is 66.7 Å². The van der Waals surface area contributed by atoms with Crippen LogP contribution in [-0.4, -0.2) is 58.2 Å². The largest absolute Gasteiger partial charge is 0.368 e. The molecule has 0 atom stereocenters. The molecule has 0 aliphatic heterocycles. The zero-order chi connectivity index (χ0) is 40.4. The van der Waals surface area contributed by atoms with Gasteiger partial charge in [0.25, 0.3) is 11.8 Å². The smallest absolute Gasteiger partial charge is 0.285 e.